The summed E-state index contributed by atoms with van der Waals surface area (Å²) in [7, 11) is 0. The number of carbonyl (C=O) groups excluding carboxylic acids is 1. The molecule has 1 aliphatic heterocycles. The molecule has 0 atom stereocenters. The molecule has 0 saturated carbocycles. The van der Waals surface area contributed by atoms with Crippen LogP contribution in [0.1, 0.15) is 35.5 Å². The van der Waals surface area contributed by atoms with E-state index < -0.39 is 0 Å². The summed E-state index contributed by atoms with van der Waals surface area (Å²) in [6.45, 7) is 10.9. The van der Waals surface area contributed by atoms with E-state index >= 15 is 0 Å². The Kier molecular flexibility index (Phi) is 4.55. The van der Waals surface area contributed by atoms with E-state index in [0.717, 1.165) is 35.6 Å². The number of nitrogens with one attached hydrogen (secondary N) is 3. The Balaban J connectivity index is 1.61. The first kappa shape index (κ1) is 17.5. The molecule has 0 spiro atoms. The number of ketones is 1. The molecule has 2 aliphatic rings. The molecule has 7 nitrogen and oxygen atoms in total. The molecule has 1 aliphatic carbocycles. The Bertz CT molecular complexity index is 938. The monoisotopic (exact) mass is 365 g/mol. The van der Waals surface area contributed by atoms with Gasteiger partial charge in [-0.25, -0.2) is 5.01 Å². The van der Waals surface area contributed by atoms with E-state index in [1.54, 1.807) is 0 Å². The highest BCUT2D eigenvalue weighted by Gasteiger charge is 2.34. The standard InChI is InChI=1S/C20H23N5O2/c1-4-12(2)18-17-19(23-22-18)14-6-5-7-15(16(14)20(17)26)21-13(3)24-25-8-10-27-11-9-25/h4-7,21,24H,3,8-11H2,1-2H3,(H,22,23)/b12-4+. The van der Waals surface area contributed by atoms with Crippen molar-refractivity contribution in [2.75, 3.05) is 31.6 Å². The van der Waals surface area contributed by atoms with E-state index in [0.29, 0.717) is 35.9 Å². The quantitative estimate of drug-likeness (QED) is 0.645. The maximum Gasteiger partial charge on any atom is 0.200 e. The maximum absolute atomic E-state index is 13.2. The lowest BCUT2D eigenvalue weighted by Gasteiger charge is -2.29. The van der Waals surface area contributed by atoms with Crippen LogP contribution in [0.25, 0.3) is 16.8 Å². The Morgan fingerprint density at radius 2 is 2.11 bits per heavy atom. The van der Waals surface area contributed by atoms with E-state index in [1.165, 1.54) is 0 Å². The van der Waals surface area contributed by atoms with Gasteiger partial charge in [0.15, 0.2) is 5.78 Å². The average molecular weight is 365 g/mol. The molecule has 27 heavy (non-hydrogen) atoms. The van der Waals surface area contributed by atoms with Gasteiger partial charge in [0.05, 0.1) is 41.4 Å². The first-order chi connectivity index (χ1) is 13.1. The molecule has 0 bridgehead atoms. The number of nitrogens with zero attached hydrogens (tertiary/aromatic N) is 2. The lowest BCUT2D eigenvalue weighted by molar-refractivity contribution is 0.0190. The molecule has 1 aromatic heterocycles. The number of hydrazine groups is 1. The third-order valence-corrected chi connectivity index (χ3v) is 4.95. The second-order valence-electron chi connectivity index (χ2n) is 6.67. The largest absolute Gasteiger partial charge is 0.379 e. The zero-order chi connectivity index (χ0) is 19.0. The predicted molar refractivity (Wildman–Crippen MR) is 105 cm³/mol. The minimum atomic E-state index is -0.0211. The first-order valence-corrected chi connectivity index (χ1v) is 9.05. The van der Waals surface area contributed by atoms with E-state index in [2.05, 4.69) is 27.5 Å². The number of morpholine rings is 1. The number of rotatable bonds is 5. The van der Waals surface area contributed by atoms with Gasteiger partial charge in [0, 0.05) is 18.7 Å². The number of aromatic nitrogens is 2. The normalized spacial score (nSPS) is 16.8. The van der Waals surface area contributed by atoms with Gasteiger partial charge in [0.1, 0.15) is 5.82 Å². The molecular weight excluding hydrogens is 342 g/mol. The van der Waals surface area contributed by atoms with Gasteiger partial charge in [-0.2, -0.15) is 5.10 Å². The highest BCUT2D eigenvalue weighted by atomic mass is 16.5. The number of fused-ring (bicyclic) bond motifs is 3. The topological polar surface area (TPSA) is 82.3 Å². The fraction of sp³-hybridized carbons (Fsp3) is 0.300. The summed E-state index contributed by atoms with van der Waals surface area (Å²) in [6, 6.07) is 5.76. The lowest BCUT2D eigenvalue weighted by atomic mass is 10.0. The number of H-pyrrole nitrogens is 1. The minimum Gasteiger partial charge on any atom is -0.379 e. The molecule has 0 amide bonds. The van der Waals surface area contributed by atoms with Crippen molar-refractivity contribution in [2.45, 2.75) is 13.8 Å². The molecule has 4 rings (SSSR count). The third kappa shape index (κ3) is 3.05. The highest BCUT2D eigenvalue weighted by molar-refractivity contribution is 6.25. The van der Waals surface area contributed by atoms with Crippen molar-refractivity contribution < 1.29 is 9.53 Å². The van der Waals surface area contributed by atoms with E-state index in [1.807, 2.05) is 43.1 Å². The van der Waals surface area contributed by atoms with Crippen LogP contribution >= 0.6 is 0 Å². The lowest BCUT2D eigenvalue weighted by Crippen LogP contribution is -2.46. The molecule has 1 fully saturated rings. The summed E-state index contributed by atoms with van der Waals surface area (Å²) in [5.74, 6) is 0.601. The summed E-state index contributed by atoms with van der Waals surface area (Å²) in [5.41, 5.74) is 8.59. The van der Waals surface area contributed by atoms with Gasteiger partial charge in [-0.3, -0.25) is 9.89 Å². The second kappa shape index (κ2) is 7.02. The number of benzene rings is 1. The van der Waals surface area contributed by atoms with Gasteiger partial charge >= 0.3 is 0 Å². The van der Waals surface area contributed by atoms with E-state index in [-0.39, 0.29) is 5.78 Å². The van der Waals surface area contributed by atoms with Crippen LogP contribution in [0.3, 0.4) is 0 Å². The molecule has 140 valence electrons. The van der Waals surface area contributed by atoms with Crippen LogP contribution in [-0.4, -0.2) is 47.3 Å². The minimum absolute atomic E-state index is 0.0211. The van der Waals surface area contributed by atoms with Crippen molar-refractivity contribution in [2.24, 2.45) is 0 Å². The summed E-state index contributed by atoms with van der Waals surface area (Å²) in [5, 5.41) is 12.7. The van der Waals surface area contributed by atoms with Crippen LogP contribution in [-0.2, 0) is 4.74 Å². The van der Waals surface area contributed by atoms with Crippen LogP contribution in [0.15, 0.2) is 36.7 Å². The van der Waals surface area contributed by atoms with Crippen LogP contribution in [0.2, 0.25) is 0 Å². The second-order valence-corrected chi connectivity index (χ2v) is 6.67. The van der Waals surface area contributed by atoms with Crippen LogP contribution in [0.4, 0.5) is 5.69 Å². The first-order valence-electron chi connectivity index (χ1n) is 9.05. The van der Waals surface area contributed by atoms with Crippen molar-refractivity contribution in [1.82, 2.24) is 20.6 Å². The van der Waals surface area contributed by atoms with Crippen molar-refractivity contribution in [3.8, 4) is 11.3 Å². The zero-order valence-corrected chi connectivity index (χ0v) is 15.6. The molecule has 0 radical (unpaired) electrons. The SMILES string of the molecule is C=C(Nc1cccc2c1C(=O)c1c(/C(C)=C/C)n[nH]c1-2)NN1CCOCC1. The number of carbonyl (C=O) groups is 1. The summed E-state index contributed by atoms with van der Waals surface area (Å²) >= 11 is 0. The molecule has 2 aromatic rings. The number of anilines is 1. The molecular formula is C20H23N5O2. The van der Waals surface area contributed by atoms with Crippen LogP contribution < -0.4 is 10.7 Å². The number of hydrogen-bond donors (Lipinski definition) is 3. The number of ether oxygens (including phenoxy) is 1. The Morgan fingerprint density at radius 1 is 1.33 bits per heavy atom. The smallest absolute Gasteiger partial charge is 0.200 e. The Morgan fingerprint density at radius 3 is 2.85 bits per heavy atom. The average Bonchev–Trinajstić information content (AvgIpc) is 3.23. The van der Waals surface area contributed by atoms with Gasteiger partial charge < -0.3 is 15.5 Å². The molecule has 1 aromatic carbocycles. The van der Waals surface area contributed by atoms with Gasteiger partial charge in [-0.05, 0) is 25.5 Å². The summed E-state index contributed by atoms with van der Waals surface area (Å²) < 4.78 is 5.35. The predicted octanol–water partition coefficient (Wildman–Crippen LogP) is 2.76. The van der Waals surface area contributed by atoms with Gasteiger partial charge in [-0.1, -0.05) is 24.8 Å². The van der Waals surface area contributed by atoms with Crippen molar-refractivity contribution in [3.05, 3.63) is 53.5 Å². The number of aromatic amines is 1. The van der Waals surface area contributed by atoms with Crippen molar-refractivity contribution in [1.29, 1.82) is 0 Å². The maximum atomic E-state index is 13.2. The van der Waals surface area contributed by atoms with Gasteiger partial charge in [0.25, 0.3) is 0 Å². The fourth-order valence-corrected chi connectivity index (χ4v) is 3.47. The van der Waals surface area contributed by atoms with Gasteiger partial charge in [0.2, 0.25) is 0 Å². The summed E-state index contributed by atoms with van der Waals surface area (Å²) in [4.78, 5) is 13.2. The van der Waals surface area contributed by atoms with E-state index in [9.17, 15) is 4.79 Å². The van der Waals surface area contributed by atoms with Crippen LogP contribution in [0, 0.1) is 0 Å². The molecule has 2 heterocycles. The van der Waals surface area contributed by atoms with Crippen molar-refractivity contribution >= 4 is 17.0 Å². The summed E-state index contributed by atoms with van der Waals surface area (Å²) in [6.07, 6.45) is 1.96. The number of hydrogen-bond acceptors (Lipinski definition) is 6. The molecule has 3 N–H and O–H groups in total. The van der Waals surface area contributed by atoms with E-state index in [4.69, 9.17) is 4.74 Å². The molecule has 7 heteroatoms. The van der Waals surface area contributed by atoms with Gasteiger partial charge in [-0.15, -0.1) is 0 Å². The Labute approximate surface area is 158 Å². The third-order valence-electron chi connectivity index (χ3n) is 4.95. The Hall–Kier alpha value is -2.90. The zero-order valence-electron chi connectivity index (χ0n) is 15.6. The fourth-order valence-electron chi connectivity index (χ4n) is 3.47. The number of allylic oxidation sites excluding steroid dienone is 2. The van der Waals surface area contributed by atoms with Crippen molar-refractivity contribution in [3.63, 3.8) is 0 Å². The van der Waals surface area contributed by atoms with Crippen LogP contribution in [0.5, 0.6) is 0 Å². The molecule has 0 unspecified atom stereocenters. The highest BCUT2D eigenvalue weighted by Crippen LogP contribution is 2.41. The molecule has 1 saturated heterocycles.